The number of benzene rings is 1. The van der Waals surface area contributed by atoms with E-state index >= 15 is 0 Å². The Morgan fingerprint density at radius 2 is 2.20 bits per heavy atom. The molecule has 0 saturated carbocycles. The Balaban J connectivity index is 1.90. The van der Waals surface area contributed by atoms with Crippen molar-refractivity contribution in [1.29, 1.82) is 0 Å². The molecule has 1 aliphatic carbocycles. The minimum atomic E-state index is -0.572. The van der Waals surface area contributed by atoms with Gasteiger partial charge < -0.3 is 4.98 Å². The highest BCUT2D eigenvalue weighted by atomic mass is 19.1. The molecule has 0 fully saturated rings. The Morgan fingerprint density at radius 3 is 3.00 bits per heavy atom. The van der Waals surface area contributed by atoms with E-state index in [4.69, 9.17) is 0 Å². The molecule has 0 spiro atoms. The van der Waals surface area contributed by atoms with E-state index in [1.807, 2.05) is 30.3 Å². The molecule has 5 heteroatoms. The quantitative estimate of drug-likeness (QED) is 0.705. The third-order valence-electron chi connectivity index (χ3n) is 4.83. The molecule has 1 aliphatic rings. The standard InChI is InChI=1S/C20H18FN3O/c1-3-5-12-8-9-17(25)14-10-16(23-18(12)14)13-6-4-7-15-19(13)24-20(21)11(2)22-15/h3-4,6-7,10,12,23H,1,5,8-9H2,2H3/t12-/m1/s1. The number of hydrogen-bond acceptors (Lipinski definition) is 3. The number of rotatable bonds is 3. The number of nitrogens with zero attached hydrogens (tertiary/aromatic N) is 2. The van der Waals surface area contributed by atoms with Crippen molar-refractivity contribution in [1.82, 2.24) is 15.0 Å². The molecule has 0 saturated heterocycles. The lowest BCUT2D eigenvalue weighted by atomic mass is 9.85. The highest BCUT2D eigenvalue weighted by Crippen LogP contribution is 2.37. The average Bonchev–Trinajstić information content (AvgIpc) is 3.04. The molecule has 0 radical (unpaired) electrons. The monoisotopic (exact) mass is 335 g/mol. The first-order valence-corrected chi connectivity index (χ1v) is 8.38. The van der Waals surface area contributed by atoms with E-state index in [0.29, 0.717) is 17.5 Å². The van der Waals surface area contributed by atoms with Crippen LogP contribution < -0.4 is 0 Å². The van der Waals surface area contributed by atoms with Crippen LogP contribution in [0, 0.1) is 12.9 Å². The molecule has 4 nitrogen and oxygen atoms in total. The summed E-state index contributed by atoms with van der Waals surface area (Å²) in [5, 5.41) is 0. The molecule has 126 valence electrons. The fourth-order valence-electron chi connectivity index (χ4n) is 3.55. The van der Waals surface area contributed by atoms with Gasteiger partial charge in [-0.2, -0.15) is 4.39 Å². The Bertz CT molecular complexity index is 1010. The molecule has 2 aromatic heterocycles. The minimum Gasteiger partial charge on any atom is -0.357 e. The normalized spacial score (nSPS) is 16.9. The Labute approximate surface area is 144 Å². The lowest BCUT2D eigenvalue weighted by molar-refractivity contribution is 0.0967. The summed E-state index contributed by atoms with van der Waals surface area (Å²) >= 11 is 0. The molecule has 1 atom stereocenters. The van der Waals surface area contributed by atoms with E-state index < -0.39 is 5.95 Å². The van der Waals surface area contributed by atoms with Crippen molar-refractivity contribution in [2.45, 2.75) is 32.1 Å². The zero-order valence-corrected chi connectivity index (χ0v) is 14.0. The number of nitrogens with one attached hydrogen (secondary N) is 1. The largest absolute Gasteiger partial charge is 0.357 e. The van der Waals surface area contributed by atoms with Gasteiger partial charge in [-0.15, -0.1) is 6.58 Å². The smallest absolute Gasteiger partial charge is 0.234 e. The van der Waals surface area contributed by atoms with Crippen LogP contribution in [-0.2, 0) is 0 Å². The zero-order chi connectivity index (χ0) is 17.6. The third-order valence-corrected chi connectivity index (χ3v) is 4.83. The summed E-state index contributed by atoms with van der Waals surface area (Å²) < 4.78 is 13.9. The number of aryl methyl sites for hydroxylation is 1. The number of halogens is 1. The first-order chi connectivity index (χ1) is 12.1. The number of para-hydroxylation sites is 1. The summed E-state index contributed by atoms with van der Waals surface area (Å²) in [5.41, 5.74) is 4.61. The van der Waals surface area contributed by atoms with Gasteiger partial charge in [0.25, 0.3) is 0 Å². The summed E-state index contributed by atoms with van der Waals surface area (Å²) in [5.74, 6) is -0.165. The maximum Gasteiger partial charge on any atom is 0.234 e. The predicted octanol–water partition coefficient (Wildman–Crippen LogP) is 4.71. The number of aromatic nitrogens is 3. The van der Waals surface area contributed by atoms with Crippen LogP contribution in [0.15, 0.2) is 36.9 Å². The number of carbonyl (C=O) groups excluding carboxylic acids is 1. The fraction of sp³-hybridized carbons (Fsp3) is 0.250. The van der Waals surface area contributed by atoms with Gasteiger partial charge >= 0.3 is 0 Å². The summed E-state index contributed by atoms with van der Waals surface area (Å²) in [6.45, 7) is 5.41. The first-order valence-electron chi connectivity index (χ1n) is 8.38. The fourth-order valence-corrected chi connectivity index (χ4v) is 3.55. The van der Waals surface area contributed by atoms with Crippen LogP contribution in [0.5, 0.6) is 0 Å². The molecular formula is C20H18FN3O. The van der Waals surface area contributed by atoms with Crippen molar-refractivity contribution >= 4 is 16.8 Å². The lowest BCUT2D eigenvalue weighted by Gasteiger charge is -2.20. The molecule has 3 aromatic rings. The van der Waals surface area contributed by atoms with Gasteiger partial charge in [0.2, 0.25) is 5.95 Å². The van der Waals surface area contributed by atoms with Gasteiger partial charge in [0.15, 0.2) is 5.78 Å². The summed E-state index contributed by atoms with van der Waals surface area (Å²) in [6.07, 6.45) is 4.07. The van der Waals surface area contributed by atoms with Crippen molar-refractivity contribution < 1.29 is 9.18 Å². The third kappa shape index (κ3) is 2.56. The average molecular weight is 335 g/mol. The minimum absolute atomic E-state index is 0.145. The Kier molecular flexibility index (Phi) is 3.71. The van der Waals surface area contributed by atoms with E-state index in [9.17, 15) is 9.18 Å². The van der Waals surface area contributed by atoms with Crippen LogP contribution in [0.3, 0.4) is 0 Å². The van der Waals surface area contributed by atoms with Gasteiger partial charge in [-0.25, -0.2) is 9.97 Å². The van der Waals surface area contributed by atoms with Crippen LogP contribution in [0.1, 0.15) is 46.9 Å². The first kappa shape index (κ1) is 15.7. The second-order valence-corrected chi connectivity index (χ2v) is 6.47. The molecule has 0 bridgehead atoms. The van der Waals surface area contributed by atoms with Gasteiger partial charge in [-0.05, 0) is 31.9 Å². The number of Topliss-reactive ketones (excluding diaryl/α,β-unsaturated/α-hetero) is 1. The number of ketones is 1. The topological polar surface area (TPSA) is 58.6 Å². The van der Waals surface area contributed by atoms with Gasteiger partial charge in [-0.1, -0.05) is 18.2 Å². The van der Waals surface area contributed by atoms with E-state index in [1.54, 1.807) is 6.92 Å². The van der Waals surface area contributed by atoms with E-state index in [1.165, 1.54) is 0 Å². The highest BCUT2D eigenvalue weighted by Gasteiger charge is 2.28. The molecule has 1 N–H and O–H groups in total. The van der Waals surface area contributed by atoms with Gasteiger partial charge in [0.05, 0.1) is 11.2 Å². The second kappa shape index (κ2) is 5.92. The number of H-pyrrole nitrogens is 1. The van der Waals surface area contributed by atoms with E-state index in [0.717, 1.165) is 35.4 Å². The second-order valence-electron chi connectivity index (χ2n) is 6.47. The molecule has 4 rings (SSSR count). The molecule has 1 aromatic carbocycles. The van der Waals surface area contributed by atoms with Gasteiger partial charge in [0.1, 0.15) is 5.52 Å². The molecule has 2 heterocycles. The van der Waals surface area contributed by atoms with Crippen molar-refractivity contribution in [3.8, 4) is 11.3 Å². The van der Waals surface area contributed by atoms with Crippen LogP contribution in [0.2, 0.25) is 0 Å². The molecule has 0 amide bonds. The number of hydrogen-bond donors (Lipinski definition) is 1. The van der Waals surface area contributed by atoms with Crippen molar-refractivity contribution in [2.24, 2.45) is 0 Å². The van der Waals surface area contributed by atoms with Crippen LogP contribution in [-0.4, -0.2) is 20.7 Å². The SMILES string of the molecule is C=CC[C@@H]1CCC(=O)c2cc(-c3cccc4nc(C)c(F)nc34)[nH]c21. The molecule has 0 unspecified atom stereocenters. The van der Waals surface area contributed by atoms with E-state index in [2.05, 4.69) is 21.5 Å². The maximum absolute atomic E-state index is 13.9. The summed E-state index contributed by atoms with van der Waals surface area (Å²) in [6, 6.07) is 7.41. The van der Waals surface area contributed by atoms with Crippen LogP contribution in [0.4, 0.5) is 4.39 Å². The molecule has 25 heavy (non-hydrogen) atoms. The number of fused-ring (bicyclic) bond motifs is 2. The molecule has 0 aliphatic heterocycles. The zero-order valence-electron chi connectivity index (χ0n) is 14.0. The Hall–Kier alpha value is -2.82. The van der Waals surface area contributed by atoms with E-state index in [-0.39, 0.29) is 17.4 Å². The summed E-state index contributed by atoms with van der Waals surface area (Å²) in [7, 11) is 0. The van der Waals surface area contributed by atoms with Crippen LogP contribution >= 0.6 is 0 Å². The summed E-state index contributed by atoms with van der Waals surface area (Å²) in [4.78, 5) is 24.0. The van der Waals surface area contributed by atoms with Gasteiger partial charge in [-0.3, -0.25) is 4.79 Å². The van der Waals surface area contributed by atoms with Crippen molar-refractivity contribution in [3.63, 3.8) is 0 Å². The lowest BCUT2D eigenvalue weighted by Crippen LogP contribution is -2.14. The number of aromatic amines is 1. The van der Waals surface area contributed by atoms with Crippen molar-refractivity contribution in [3.05, 3.63) is 59.8 Å². The molecular weight excluding hydrogens is 317 g/mol. The Morgan fingerprint density at radius 1 is 1.36 bits per heavy atom. The number of carbonyl (C=O) groups is 1. The maximum atomic E-state index is 13.9. The highest BCUT2D eigenvalue weighted by molar-refractivity contribution is 6.01. The van der Waals surface area contributed by atoms with Gasteiger partial charge in [0, 0.05) is 34.9 Å². The van der Waals surface area contributed by atoms with Crippen LogP contribution in [0.25, 0.3) is 22.3 Å². The predicted molar refractivity (Wildman–Crippen MR) is 95.1 cm³/mol. The number of allylic oxidation sites excluding steroid dienone is 1. The van der Waals surface area contributed by atoms with Crippen molar-refractivity contribution in [2.75, 3.05) is 0 Å².